The van der Waals surface area contributed by atoms with Crippen molar-refractivity contribution in [3.05, 3.63) is 56.5 Å². The summed E-state index contributed by atoms with van der Waals surface area (Å²) >= 11 is 0. The lowest BCUT2D eigenvalue weighted by Crippen LogP contribution is -2.30. The number of hydrogen-bond acceptors (Lipinski definition) is 5. The van der Waals surface area contributed by atoms with Crippen LogP contribution < -0.4 is 11.2 Å². The van der Waals surface area contributed by atoms with Crippen molar-refractivity contribution in [2.45, 2.75) is 19.8 Å². The number of benzene rings is 1. The van der Waals surface area contributed by atoms with E-state index in [0.717, 1.165) is 10.1 Å². The molecule has 2 aromatic heterocycles. The van der Waals surface area contributed by atoms with Gasteiger partial charge in [0.2, 0.25) is 5.82 Å². The van der Waals surface area contributed by atoms with E-state index in [1.807, 2.05) is 18.8 Å². The van der Waals surface area contributed by atoms with Gasteiger partial charge >= 0.3 is 5.69 Å². The van der Waals surface area contributed by atoms with Crippen LogP contribution in [-0.4, -0.2) is 24.7 Å². The Morgan fingerprint density at radius 1 is 1.21 bits per heavy atom. The molecule has 3 rings (SSSR count). The molecule has 7 nitrogen and oxygen atoms in total. The van der Waals surface area contributed by atoms with Crippen LogP contribution in [0.5, 0.6) is 11.6 Å². The second-order valence-electron chi connectivity index (χ2n) is 5.60. The summed E-state index contributed by atoms with van der Waals surface area (Å²) in [7, 11) is 0. The summed E-state index contributed by atoms with van der Waals surface area (Å²) in [6.07, 6.45) is 0. The van der Waals surface area contributed by atoms with Gasteiger partial charge in [0.1, 0.15) is 5.39 Å². The highest BCUT2D eigenvalue weighted by Crippen LogP contribution is 2.30. The number of pyridine rings is 1. The monoisotopic (exact) mass is 331 g/mol. The van der Waals surface area contributed by atoms with Gasteiger partial charge in [0, 0.05) is 0 Å². The second kappa shape index (κ2) is 5.48. The molecule has 0 amide bonds. The van der Waals surface area contributed by atoms with Gasteiger partial charge in [-0.15, -0.1) is 0 Å². The number of aromatic nitrogens is 3. The number of para-hydroxylation sites is 1. The molecule has 1 aromatic carbocycles. The summed E-state index contributed by atoms with van der Waals surface area (Å²) in [4.78, 5) is 30.0. The fourth-order valence-corrected chi connectivity index (χ4v) is 2.61. The zero-order valence-corrected chi connectivity index (χ0v) is 12.9. The number of aromatic amines is 1. The molecule has 3 N–H and O–H groups in total. The third-order valence-corrected chi connectivity index (χ3v) is 3.74. The van der Waals surface area contributed by atoms with E-state index in [1.54, 1.807) is 24.3 Å². The predicted octanol–water partition coefficient (Wildman–Crippen LogP) is 1.75. The molecule has 0 unspecified atom stereocenters. The van der Waals surface area contributed by atoms with Gasteiger partial charge < -0.3 is 10.2 Å². The molecule has 0 radical (unpaired) electrons. The second-order valence-corrected chi connectivity index (χ2v) is 5.60. The molecule has 0 atom stereocenters. The van der Waals surface area contributed by atoms with Crippen LogP contribution in [0.1, 0.15) is 25.3 Å². The number of hydrogen-bond donors (Lipinski definition) is 3. The molecule has 0 saturated carbocycles. The smallest absolute Gasteiger partial charge is 0.334 e. The average Bonchev–Trinajstić information content (AvgIpc) is 2.52. The number of halogens is 1. The number of rotatable bonds is 2. The van der Waals surface area contributed by atoms with E-state index in [4.69, 9.17) is 0 Å². The zero-order chi connectivity index (χ0) is 17.6. The van der Waals surface area contributed by atoms with Crippen LogP contribution in [0.15, 0.2) is 33.9 Å². The third-order valence-electron chi connectivity index (χ3n) is 3.74. The number of H-pyrrole nitrogens is 1. The third kappa shape index (κ3) is 2.23. The molecule has 0 aliphatic heterocycles. The van der Waals surface area contributed by atoms with Crippen LogP contribution in [0.2, 0.25) is 0 Å². The van der Waals surface area contributed by atoms with Crippen LogP contribution in [0.3, 0.4) is 0 Å². The number of fused-ring (bicyclic) bond motifs is 1. The summed E-state index contributed by atoms with van der Waals surface area (Å²) in [6, 6.07) is 6.91. The van der Waals surface area contributed by atoms with Crippen molar-refractivity contribution < 1.29 is 14.6 Å². The highest BCUT2D eigenvalue weighted by Gasteiger charge is 2.22. The standard InChI is InChI=1S/C16H14FN3O4/c1-7(2)8-5-3-4-6-9(8)20-13-10(14(22)19-16(20)24)12(21)11(17)15(23)18-13/h3-7H,1-2H3,(H2,18,21,23)(H,19,22,24). The summed E-state index contributed by atoms with van der Waals surface area (Å²) < 4.78 is 14.7. The Kier molecular flexibility index (Phi) is 3.59. The van der Waals surface area contributed by atoms with Gasteiger partial charge in [0.25, 0.3) is 11.4 Å². The van der Waals surface area contributed by atoms with Crippen LogP contribution in [-0.2, 0) is 0 Å². The van der Waals surface area contributed by atoms with Gasteiger partial charge in [-0.2, -0.15) is 9.37 Å². The quantitative estimate of drug-likeness (QED) is 0.663. The van der Waals surface area contributed by atoms with Crippen molar-refractivity contribution in [1.82, 2.24) is 14.5 Å². The van der Waals surface area contributed by atoms with Gasteiger partial charge in [-0.1, -0.05) is 32.0 Å². The first-order valence-corrected chi connectivity index (χ1v) is 7.18. The lowest BCUT2D eigenvalue weighted by Gasteiger charge is -2.16. The number of nitrogens with one attached hydrogen (secondary N) is 1. The molecule has 2 heterocycles. The Morgan fingerprint density at radius 2 is 1.88 bits per heavy atom. The summed E-state index contributed by atoms with van der Waals surface area (Å²) in [6.45, 7) is 3.83. The van der Waals surface area contributed by atoms with Gasteiger partial charge in [-0.05, 0) is 17.5 Å². The predicted molar refractivity (Wildman–Crippen MR) is 85.3 cm³/mol. The normalized spacial score (nSPS) is 11.3. The van der Waals surface area contributed by atoms with Gasteiger partial charge in [0.15, 0.2) is 11.4 Å². The fourth-order valence-electron chi connectivity index (χ4n) is 2.61. The van der Waals surface area contributed by atoms with Gasteiger partial charge in [0.05, 0.1) is 5.69 Å². The van der Waals surface area contributed by atoms with Gasteiger partial charge in [-0.3, -0.25) is 9.78 Å². The molecule has 24 heavy (non-hydrogen) atoms. The fraction of sp³-hybridized carbons (Fsp3) is 0.188. The Morgan fingerprint density at radius 3 is 2.54 bits per heavy atom. The first kappa shape index (κ1) is 15.7. The Hall–Kier alpha value is -3.16. The minimum absolute atomic E-state index is 0.0396. The van der Waals surface area contributed by atoms with Gasteiger partial charge in [-0.25, -0.2) is 9.36 Å². The van der Waals surface area contributed by atoms with E-state index in [0.29, 0.717) is 5.69 Å². The first-order chi connectivity index (χ1) is 11.3. The van der Waals surface area contributed by atoms with Crippen molar-refractivity contribution in [3.8, 4) is 17.3 Å². The molecule has 124 valence electrons. The van der Waals surface area contributed by atoms with E-state index in [1.165, 1.54) is 0 Å². The highest BCUT2D eigenvalue weighted by atomic mass is 19.1. The minimum atomic E-state index is -1.42. The van der Waals surface area contributed by atoms with E-state index in [2.05, 4.69) is 4.98 Å². The first-order valence-electron chi connectivity index (χ1n) is 7.18. The SMILES string of the molecule is CC(C)c1ccccc1-n1c(=O)[nH]c(=O)c2c(O)c(F)c(O)nc21. The summed E-state index contributed by atoms with van der Waals surface area (Å²) in [5, 5.41) is 18.9. The largest absolute Gasteiger partial charge is 0.504 e. The lowest BCUT2D eigenvalue weighted by molar-refractivity contribution is 0.380. The molecule has 8 heteroatoms. The number of nitrogens with zero attached hydrogens (tertiary/aromatic N) is 2. The molecule has 0 aliphatic carbocycles. The molecule has 0 saturated heterocycles. The lowest BCUT2D eigenvalue weighted by atomic mass is 10.0. The molecule has 0 aliphatic rings. The molecule has 3 aromatic rings. The molecule has 0 spiro atoms. The van der Waals surface area contributed by atoms with Crippen molar-refractivity contribution >= 4 is 11.0 Å². The highest BCUT2D eigenvalue weighted by molar-refractivity contribution is 5.83. The molecular weight excluding hydrogens is 317 g/mol. The Balaban J connectivity index is 2.56. The van der Waals surface area contributed by atoms with E-state index >= 15 is 0 Å². The van der Waals surface area contributed by atoms with E-state index < -0.39 is 34.1 Å². The van der Waals surface area contributed by atoms with Crippen molar-refractivity contribution in [3.63, 3.8) is 0 Å². The van der Waals surface area contributed by atoms with Crippen LogP contribution >= 0.6 is 0 Å². The van der Waals surface area contributed by atoms with Crippen LogP contribution in [0, 0.1) is 5.82 Å². The molecule has 0 bridgehead atoms. The maximum absolute atomic E-state index is 13.7. The van der Waals surface area contributed by atoms with E-state index in [9.17, 15) is 24.2 Å². The van der Waals surface area contributed by atoms with Crippen molar-refractivity contribution in [2.24, 2.45) is 0 Å². The van der Waals surface area contributed by atoms with Crippen LogP contribution in [0.25, 0.3) is 16.7 Å². The summed E-state index contributed by atoms with van der Waals surface area (Å²) in [5.41, 5.74) is -0.932. The number of aromatic hydroxyl groups is 2. The van der Waals surface area contributed by atoms with Crippen LogP contribution in [0.4, 0.5) is 4.39 Å². The van der Waals surface area contributed by atoms with E-state index in [-0.39, 0.29) is 11.6 Å². The average molecular weight is 331 g/mol. The minimum Gasteiger partial charge on any atom is -0.504 e. The maximum Gasteiger partial charge on any atom is 0.334 e. The summed E-state index contributed by atoms with van der Waals surface area (Å²) in [5.74, 6) is -3.54. The molecular formula is C16H14FN3O4. The van der Waals surface area contributed by atoms with Crippen molar-refractivity contribution in [1.29, 1.82) is 0 Å². The Labute approximate surface area is 134 Å². The zero-order valence-electron chi connectivity index (χ0n) is 12.9. The Bertz CT molecular complexity index is 1070. The topological polar surface area (TPSA) is 108 Å². The molecule has 0 fully saturated rings. The van der Waals surface area contributed by atoms with Crippen molar-refractivity contribution in [2.75, 3.05) is 0 Å². The maximum atomic E-state index is 13.7.